The Morgan fingerprint density at radius 1 is 1.07 bits per heavy atom. The quantitative estimate of drug-likeness (QED) is 0.276. The molecule has 3 aliphatic carbocycles. The van der Waals surface area contributed by atoms with E-state index < -0.39 is 11.5 Å². The van der Waals surface area contributed by atoms with Gasteiger partial charge >= 0.3 is 5.97 Å². The summed E-state index contributed by atoms with van der Waals surface area (Å²) in [6.45, 7) is 7.55. The van der Waals surface area contributed by atoms with Gasteiger partial charge < -0.3 is 15.2 Å². The van der Waals surface area contributed by atoms with Gasteiger partial charge in [-0.05, 0) is 116 Å². The average Bonchev–Trinajstić information content (AvgIpc) is 3.27. The summed E-state index contributed by atoms with van der Waals surface area (Å²) in [6, 6.07) is 18.3. The molecule has 42 heavy (non-hydrogen) atoms. The molecule has 0 saturated heterocycles. The lowest BCUT2D eigenvalue weighted by Gasteiger charge is -2.47. The maximum atomic E-state index is 12.7. The minimum Gasteiger partial charge on any atom is -0.493 e. The SMILES string of the molecule is C[C@@H](COc1ccnc2c1[C@@H](C)CC[C@@H]2C)C[C@H]1Cc2ccccc2C12CCC(Nc1cccc(Cl)c1)(C(=O)O)CC2. The molecule has 3 aliphatic rings. The van der Waals surface area contributed by atoms with Crippen molar-refractivity contribution < 1.29 is 14.6 Å². The van der Waals surface area contributed by atoms with Gasteiger partial charge in [0.1, 0.15) is 11.3 Å². The largest absolute Gasteiger partial charge is 0.493 e. The predicted octanol–water partition coefficient (Wildman–Crippen LogP) is 8.76. The molecule has 1 spiro atoms. The second-order valence-corrected chi connectivity index (χ2v) is 13.8. The van der Waals surface area contributed by atoms with Gasteiger partial charge in [0.15, 0.2) is 0 Å². The van der Waals surface area contributed by atoms with Crippen molar-refractivity contribution >= 4 is 23.3 Å². The number of ether oxygens (including phenoxy) is 1. The zero-order valence-electron chi connectivity index (χ0n) is 25.0. The summed E-state index contributed by atoms with van der Waals surface area (Å²) >= 11 is 6.22. The molecule has 0 radical (unpaired) electrons. The van der Waals surface area contributed by atoms with E-state index in [1.807, 2.05) is 36.5 Å². The third kappa shape index (κ3) is 5.30. The Morgan fingerprint density at radius 3 is 2.60 bits per heavy atom. The number of pyridine rings is 1. The fraction of sp³-hybridized carbons (Fsp3) is 0.500. The Bertz CT molecular complexity index is 1450. The first-order valence-electron chi connectivity index (χ1n) is 15.7. The number of carbonyl (C=O) groups is 1. The van der Waals surface area contributed by atoms with Crippen LogP contribution in [0.15, 0.2) is 60.8 Å². The highest BCUT2D eigenvalue weighted by Gasteiger charge is 2.54. The molecule has 0 bridgehead atoms. The summed E-state index contributed by atoms with van der Waals surface area (Å²) in [5, 5.41) is 14.4. The van der Waals surface area contributed by atoms with Crippen LogP contribution < -0.4 is 10.1 Å². The molecule has 5 nitrogen and oxygen atoms in total. The van der Waals surface area contributed by atoms with Gasteiger partial charge in [0, 0.05) is 22.5 Å². The Kier molecular flexibility index (Phi) is 7.99. The molecular formula is C36H43ClN2O3. The monoisotopic (exact) mass is 586 g/mol. The summed E-state index contributed by atoms with van der Waals surface area (Å²) in [5.41, 5.74) is 5.11. The van der Waals surface area contributed by atoms with Crippen LogP contribution >= 0.6 is 11.6 Å². The summed E-state index contributed by atoms with van der Waals surface area (Å²) in [4.78, 5) is 17.4. The van der Waals surface area contributed by atoms with Gasteiger partial charge in [0.25, 0.3) is 0 Å². The van der Waals surface area contributed by atoms with Crippen molar-refractivity contribution in [2.24, 2.45) is 11.8 Å². The number of nitrogens with one attached hydrogen (secondary N) is 1. The van der Waals surface area contributed by atoms with Crippen LogP contribution in [0, 0.1) is 11.8 Å². The minimum absolute atomic E-state index is 0.0143. The van der Waals surface area contributed by atoms with Gasteiger partial charge in [-0.3, -0.25) is 4.98 Å². The number of anilines is 1. The van der Waals surface area contributed by atoms with E-state index in [2.05, 4.69) is 50.4 Å². The zero-order valence-corrected chi connectivity index (χ0v) is 25.8. The molecule has 222 valence electrons. The van der Waals surface area contributed by atoms with E-state index in [4.69, 9.17) is 21.3 Å². The van der Waals surface area contributed by atoms with E-state index in [0.29, 0.717) is 48.1 Å². The van der Waals surface area contributed by atoms with E-state index in [9.17, 15) is 9.90 Å². The van der Waals surface area contributed by atoms with Crippen molar-refractivity contribution in [3.05, 3.63) is 88.2 Å². The smallest absolute Gasteiger partial charge is 0.329 e. The van der Waals surface area contributed by atoms with Crippen LogP contribution in [0.5, 0.6) is 5.75 Å². The van der Waals surface area contributed by atoms with Crippen molar-refractivity contribution in [1.82, 2.24) is 4.98 Å². The molecule has 0 amide bonds. The maximum absolute atomic E-state index is 12.7. The molecule has 6 rings (SSSR count). The van der Waals surface area contributed by atoms with Crippen LogP contribution in [0.3, 0.4) is 0 Å². The molecule has 4 atom stereocenters. The number of aliphatic carboxylic acids is 1. The van der Waals surface area contributed by atoms with Gasteiger partial charge in [-0.2, -0.15) is 0 Å². The Morgan fingerprint density at radius 2 is 1.83 bits per heavy atom. The molecule has 0 aliphatic heterocycles. The van der Waals surface area contributed by atoms with E-state index in [1.54, 1.807) is 0 Å². The van der Waals surface area contributed by atoms with Crippen molar-refractivity contribution in [3.8, 4) is 5.75 Å². The summed E-state index contributed by atoms with van der Waals surface area (Å²) < 4.78 is 6.55. The van der Waals surface area contributed by atoms with Crippen LogP contribution in [0.1, 0.15) is 99.9 Å². The number of fused-ring (bicyclic) bond motifs is 3. The first-order chi connectivity index (χ1) is 20.2. The second-order valence-electron chi connectivity index (χ2n) is 13.4. The predicted molar refractivity (Wildman–Crippen MR) is 169 cm³/mol. The molecule has 1 fully saturated rings. The second kappa shape index (κ2) is 11.6. The standard InChI is InChI=1S/C36H43ClN2O3/c1-23(22-42-31-13-18-38-33-25(3)12-11-24(2)32(31)33)19-27-20-26-7-4-5-10-30(26)35(27)14-16-36(17-15-35,34(40)41)39-29-9-6-8-28(37)21-29/h4-10,13,18,21,23-25,27,39H,11-12,14-17,19-20,22H2,1-3H3,(H,40,41)/t23-,24+,25+,27+,35?,36?/m1/s1. The fourth-order valence-electron chi connectivity index (χ4n) is 8.26. The maximum Gasteiger partial charge on any atom is 0.329 e. The van der Waals surface area contributed by atoms with E-state index in [1.165, 1.54) is 35.2 Å². The molecule has 6 heteroatoms. The van der Waals surface area contributed by atoms with Crippen molar-refractivity contribution in [2.45, 2.75) is 94.9 Å². The summed E-state index contributed by atoms with van der Waals surface area (Å²) in [5.74, 6) is 2.00. The molecular weight excluding hydrogens is 544 g/mol. The van der Waals surface area contributed by atoms with Crippen LogP contribution in [0.4, 0.5) is 5.69 Å². The van der Waals surface area contributed by atoms with Crippen molar-refractivity contribution in [3.63, 3.8) is 0 Å². The molecule has 0 unspecified atom stereocenters. The normalized spacial score (nSPS) is 29.0. The Labute approximate surface area is 255 Å². The number of benzene rings is 2. The average molecular weight is 587 g/mol. The molecule has 1 heterocycles. The van der Waals surface area contributed by atoms with Gasteiger partial charge in [0.05, 0.1) is 12.3 Å². The van der Waals surface area contributed by atoms with Crippen LogP contribution in [0.25, 0.3) is 0 Å². The topological polar surface area (TPSA) is 71.5 Å². The number of hydrogen-bond donors (Lipinski definition) is 2. The van der Waals surface area contributed by atoms with Gasteiger partial charge in [-0.1, -0.05) is 62.7 Å². The van der Waals surface area contributed by atoms with Gasteiger partial charge in [-0.25, -0.2) is 4.79 Å². The highest BCUT2D eigenvalue weighted by Crippen LogP contribution is 2.56. The molecule has 2 N–H and O–H groups in total. The van der Waals surface area contributed by atoms with Crippen LogP contribution in [0.2, 0.25) is 5.02 Å². The number of aromatic nitrogens is 1. The number of carboxylic acid groups (broad SMARTS) is 1. The van der Waals surface area contributed by atoms with Crippen LogP contribution in [-0.2, 0) is 16.6 Å². The first kappa shape index (κ1) is 29.0. The summed E-state index contributed by atoms with van der Waals surface area (Å²) in [6.07, 6.45) is 9.20. The van der Waals surface area contributed by atoms with E-state index >= 15 is 0 Å². The van der Waals surface area contributed by atoms with Gasteiger partial charge in [0.2, 0.25) is 0 Å². The van der Waals surface area contributed by atoms with Crippen molar-refractivity contribution in [2.75, 3.05) is 11.9 Å². The molecule has 1 aromatic heterocycles. The third-order valence-corrected chi connectivity index (χ3v) is 10.8. The first-order valence-corrected chi connectivity index (χ1v) is 16.1. The summed E-state index contributed by atoms with van der Waals surface area (Å²) in [7, 11) is 0. The highest BCUT2D eigenvalue weighted by atomic mass is 35.5. The molecule has 3 aromatic rings. The number of rotatable bonds is 8. The lowest BCUT2D eigenvalue weighted by molar-refractivity contribution is -0.144. The van der Waals surface area contributed by atoms with Crippen LogP contribution in [-0.4, -0.2) is 28.2 Å². The van der Waals surface area contributed by atoms with E-state index in [-0.39, 0.29) is 5.41 Å². The molecule has 2 aromatic carbocycles. The lowest BCUT2D eigenvalue weighted by Crippen LogP contribution is -2.53. The lowest BCUT2D eigenvalue weighted by atomic mass is 9.59. The number of hydrogen-bond acceptors (Lipinski definition) is 4. The van der Waals surface area contributed by atoms with E-state index in [0.717, 1.165) is 37.1 Å². The fourth-order valence-corrected chi connectivity index (χ4v) is 8.45. The Hall–Kier alpha value is -3.05. The zero-order chi connectivity index (χ0) is 29.5. The minimum atomic E-state index is -0.999. The van der Waals surface area contributed by atoms with Gasteiger partial charge in [-0.15, -0.1) is 0 Å². The number of carboxylic acids is 1. The van der Waals surface area contributed by atoms with Crippen molar-refractivity contribution in [1.29, 1.82) is 0 Å². The number of nitrogens with zero attached hydrogens (tertiary/aromatic N) is 1. The number of halogens is 1. The highest BCUT2D eigenvalue weighted by molar-refractivity contribution is 6.30. The molecule has 1 saturated carbocycles. The third-order valence-electron chi connectivity index (χ3n) is 10.6. The Balaban J connectivity index is 1.19.